The van der Waals surface area contributed by atoms with Crippen LogP contribution in [-0.4, -0.2) is 19.4 Å². The van der Waals surface area contributed by atoms with Crippen LogP contribution in [0.1, 0.15) is 26.3 Å². The van der Waals surface area contributed by atoms with Crippen molar-refractivity contribution in [3.05, 3.63) is 35.9 Å². The molecule has 1 aromatic carbocycles. The summed E-state index contributed by atoms with van der Waals surface area (Å²) in [5.74, 6) is 3.30. The third-order valence-electron chi connectivity index (χ3n) is 3.17. The van der Waals surface area contributed by atoms with Crippen LogP contribution >= 0.6 is 7.14 Å². The quantitative estimate of drug-likeness (QED) is 0.357. The molecule has 0 amide bonds. The predicted molar refractivity (Wildman–Crippen MR) is 75.9 cm³/mol. The minimum absolute atomic E-state index is 0.342. The Morgan fingerprint density at radius 1 is 1.13 bits per heavy atom. The first-order valence-corrected chi connectivity index (χ1v) is 8.41. The van der Waals surface area contributed by atoms with E-state index in [1.54, 1.807) is 0 Å². The van der Waals surface area contributed by atoms with Crippen molar-refractivity contribution in [3.8, 4) is 11.6 Å². The molecule has 0 aromatic heterocycles. The van der Waals surface area contributed by atoms with E-state index in [2.05, 4.69) is 58.7 Å². The molecular formula is C13H20BP. The van der Waals surface area contributed by atoms with Gasteiger partial charge in [0.25, 0.3) is 0 Å². The molecule has 0 atom stereocenters. The van der Waals surface area contributed by atoms with Gasteiger partial charge >= 0.3 is 94.8 Å². The average molecular weight is 218 g/mol. The summed E-state index contributed by atoms with van der Waals surface area (Å²) in [5.41, 5.74) is 4.63. The van der Waals surface area contributed by atoms with Crippen LogP contribution < -0.4 is 0 Å². The zero-order valence-electron chi connectivity index (χ0n) is 10.4. The first kappa shape index (κ1) is 12.3. The van der Waals surface area contributed by atoms with Crippen LogP contribution in [0.4, 0.5) is 0 Å². The van der Waals surface area contributed by atoms with Crippen molar-refractivity contribution in [1.82, 2.24) is 0 Å². The van der Waals surface area contributed by atoms with Gasteiger partial charge in [0.2, 0.25) is 0 Å². The van der Waals surface area contributed by atoms with E-state index < -0.39 is 7.14 Å². The van der Waals surface area contributed by atoms with Gasteiger partial charge in [0.1, 0.15) is 0 Å². The average Bonchev–Trinajstić information content (AvgIpc) is 2.15. The molecule has 1 rings (SSSR count). The summed E-state index contributed by atoms with van der Waals surface area (Å²) in [7, 11) is 0.887. The van der Waals surface area contributed by atoms with Crippen LogP contribution in [0, 0.1) is 11.6 Å². The second-order valence-electron chi connectivity index (χ2n) is 5.49. The van der Waals surface area contributed by atoms with E-state index >= 15 is 0 Å². The Hall–Kier alpha value is -0.725. The van der Waals surface area contributed by atoms with E-state index in [-0.39, 0.29) is 0 Å². The standard InChI is InChI=1S/C13H20BP/c1-13(2,3)15(4,14)11-10-12-8-6-5-7-9-12/h5-9,15H,14H2,1-4H3. The van der Waals surface area contributed by atoms with Gasteiger partial charge in [0.15, 0.2) is 0 Å². The van der Waals surface area contributed by atoms with Crippen molar-refractivity contribution >= 4 is 14.7 Å². The maximum atomic E-state index is 3.50. The van der Waals surface area contributed by atoms with E-state index in [0.717, 1.165) is 5.56 Å². The molecule has 0 aliphatic rings. The van der Waals surface area contributed by atoms with E-state index in [1.165, 1.54) is 0 Å². The number of hydrogen-bond donors (Lipinski definition) is 0. The molecule has 80 valence electrons. The summed E-state index contributed by atoms with van der Waals surface area (Å²) in [6.07, 6.45) is 0. The monoisotopic (exact) mass is 218 g/mol. The van der Waals surface area contributed by atoms with Crippen molar-refractivity contribution < 1.29 is 0 Å². The van der Waals surface area contributed by atoms with Crippen molar-refractivity contribution in [2.75, 3.05) is 6.66 Å². The van der Waals surface area contributed by atoms with Gasteiger partial charge < -0.3 is 0 Å². The number of hydrogen-bond acceptors (Lipinski definition) is 0. The first-order chi connectivity index (χ1) is 6.83. The summed E-state index contributed by atoms with van der Waals surface area (Å²) in [6.45, 7) is 9.21. The van der Waals surface area contributed by atoms with E-state index in [4.69, 9.17) is 0 Å². The fraction of sp³-hybridized carbons (Fsp3) is 0.385. The molecule has 0 aliphatic heterocycles. The zero-order chi connectivity index (χ0) is 11.5. The van der Waals surface area contributed by atoms with Gasteiger partial charge in [0.05, 0.1) is 0 Å². The van der Waals surface area contributed by atoms with Gasteiger partial charge in [-0.3, -0.25) is 0 Å². The normalized spacial score (nSPS) is 12.8. The Labute approximate surface area is 95.2 Å². The van der Waals surface area contributed by atoms with Crippen LogP contribution in [0.3, 0.4) is 0 Å². The summed E-state index contributed by atoms with van der Waals surface area (Å²) in [6, 6.07) is 10.2. The molecular weight excluding hydrogens is 198 g/mol. The zero-order valence-corrected chi connectivity index (χ0v) is 11.4. The van der Waals surface area contributed by atoms with Crippen LogP contribution in [0.2, 0.25) is 0 Å². The molecule has 0 spiro atoms. The fourth-order valence-electron chi connectivity index (χ4n) is 0.937. The third-order valence-corrected chi connectivity index (χ3v) is 7.67. The number of rotatable bonds is 0. The molecule has 15 heavy (non-hydrogen) atoms. The molecule has 0 aliphatic carbocycles. The van der Waals surface area contributed by atoms with E-state index in [1.807, 2.05) is 18.2 Å². The molecule has 0 saturated heterocycles. The molecule has 1 aromatic rings. The van der Waals surface area contributed by atoms with E-state index in [9.17, 15) is 0 Å². The Kier molecular flexibility index (Phi) is 3.64. The molecule has 0 heterocycles. The second-order valence-corrected chi connectivity index (χ2v) is 10.5. The molecule has 0 fully saturated rings. The Balaban J connectivity index is 2.92. The van der Waals surface area contributed by atoms with Crippen LogP contribution in [-0.2, 0) is 0 Å². The molecule has 0 radical (unpaired) electrons. The van der Waals surface area contributed by atoms with E-state index in [0.29, 0.717) is 5.16 Å². The van der Waals surface area contributed by atoms with Crippen LogP contribution in [0.15, 0.2) is 30.3 Å². The molecule has 0 N–H and O–H groups in total. The van der Waals surface area contributed by atoms with Gasteiger partial charge in [-0.15, -0.1) is 0 Å². The molecule has 0 bridgehead atoms. The molecule has 0 nitrogen and oxygen atoms in total. The SMILES string of the molecule is B[PH](C)(C#Cc1ccccc1)C(C)(C)C. The predicted octanol–water partition coefficient (Wildman–Crippen LogP) is 2.72. The van der Waals surface area contributed by atoms with Crippen LogP contribution in [0.5, 0.6) is 0 Å². The van der Waals surface area contributed by atoms with Crippen LogP contribution in [0.25, 0.3) is 0 Å². The van der Waals surface area contributed by atoms with Gasteiger partial charge in [-0.2, -0.15) is 0 Å². The topological polar surface area (TPSA) is 0 Å². The molecule has 0 unspecified atom stereocenters. The van der Waals surface area contributed by atoms with Gasteiger partial charge in [0, 0.05) is 0 Å². The first-order valence-electron chi connectivity index (χ1n) is 5.41. The number of benzene rings is 1. The summed E-state index contributed by atoms with van der Waals surface area (Å²) in [4.78, 5) is 0. The molecule has 2 heteroatoms. The Morgan fingerprint density at radius 2 is 1.67 bits per heavy atom. The Bertz CT molecular complexity index is 376. The van der Waals surface area contributed by atoms with Crippen molar-refractivity contribution in [1.29, 1.82) is 0 Å². The molecule has 0 saturated carbocycles. The van der Waals surface area contributed by atoms with Crippen molar-refractivity contribution in [2.24, 2.45) is 0 Å². The fourth-order valence-corrected chi connectivity index (χ4v) is 1.77. The minimum atomic E-state index is -1.45. The van der Waals surface area contributed by atoms with Gasteiger partial charge in [-0.25, -0.2) is 0 Å². The summed E-state index contributed by atoms with van der Waals surface area (Å²) < 4.78 is 0. The Morgan fingerprint density at radius 3 is 2.13 bits per heavy atom. The summed E-state index contributed by atoms with van der Waals surface area (Å²) in [5, 5.41) is 0.342. The van der Waals surface area contributed by atoms with Gasteiger partial charge in [-0.1, -0.05) is 0 Å². The third kappa shape index (κ3) is 3.40. The van der Waals surface area contributed by atoms with Gasteiger partial charge in [-0.05, 0) is 0 Å². The van der Waals surface area contributed by atoms with Crippen molar-refractivity contribution in [3.63, 3.8) is 0 Å². The van der Waals surface area contributed by atoms with Crippen molar-refractivity contribution in [2.45, 2.75) is 25.9 Å². The maximum absolute atomic E-state index is 3.50. The summed E-state index contributed by atoms with van der Waals surface area (Å²) >= 11 is 0. The second kappa shape index (κ2) is 4.42.